The zero-order valence-corrected chi connectivity index (χ0v) is 26.9. The molecule has 4 heterocycles. The lowest BCUT2D eigenvalue weighted by molar-refractivity contribution is -0.126. The Balaban J connectivity index is 0.979. The number of carbonyl (C=O) groups excluding carboxylic acids is 2. The molecule has 2 N–H and O–H groups in total. The number of aromatic nitrogens is 4. The van der Waals surface area contributed by atoms with Crippen LogP contribution in [-0.2, 0) is 9.53 Å². The molecular formula is C35H50N6O3. The largest absolute Gasteiger partial charge is 0.444 e. The Bertz CT molecular complexity index is 1410. The smallest absolute Gasteiger partial charge is 0.410 e. The van der Waals surface area contributed by atoms with Crippen molar-refractivity contribution in [1.29, 1.82) is 0 Å². The number of carbonyl (C=O) groups is 2. The third kappa shape index (κ3) is 4.83. The van der Waals surface area contributed by atoms with Crippen LogP contribution in [0.4, 0.5) is 4.79 Å². The van der Waals surface area contributed by atoms with Gasteiger partial charge >= 0.3 is 6.09 Å². The number of aromatic amines is 2. The molecule has 0 bridgehead atoms. The number of nitrogens with zero attached hydrogens (tertiary/aromatic N) is 4. The van der Waals surface area contributed by atoms with E-state index in [1.807, 2.05) is 31.9 Å². The molecule has 9 heteroatoms. The lowest BCUT2D eigenvalue weighted by Gasteiger charge is -2.49. The second-order valence-electron chi connectivity index (χ2n) is 16.1. The van der Waals surface area contributed by atoms with Crippen LogP contribution in [-0.4, -0.2) is 67.4 Å². The van der Waals surface area contributed by atoms with Crippen molar-refractivity contribution in [2.24, 2.45) is 35.5 Å². The number of Topliss-reactive ketones (excluding diaryl/α,β-unsaturated/α-hetero) is 1. The van der Waals surface area contributed by atoms with Gasteiger partial charge in [-0.05, 0) is 122 Å². The molecule has 238 valence electrons. The summed E-state index contributed by atoms with van der Waals surface area (Å²) in [5.74, 6) is 6.08. The number of likely N-dealkylation sites (tertiary alicyclic amines) is 2. The number of nitrogens with one attached hydrogen (secondary N) is 2. The Kier molecular flexibility index (Phi) is 7.00. The Hall–Kier alpha value is -2.68. The summed E-state index contributed by atoms with van der Waals surface area (Å²) in [6.07, 6.45) is 14.8. The SMILES string of the molecule is CN1CCCC1c1ncc(C2CC3CCC4CC(c5cnc(C6CCCN6C(=O)OC(C)(C)C)[nH]5)CC5C(=O)C(C2)C3C45)[nH]1. The minimum absolute atomic E-state index is 0.0737. The van der Waals surface area contributed by atoms with Gasteiger partial charge in [-0.15, -0.1) is 0 Å². The van der Waals surface area contributed by atoms with E-state index in [1.165, 1.54) is 37.8 Å². The zero-order valence-electron chi connectivity index (χ0n) is 26.9. The predicted octanol–water partition coefficient (Wildman–Crippen LogP) is 6.50. The number of hydrogen-bond donors (Lipinski definition) is 2. The van der Waals surface area contributed by atoms with Crippen molar-refractivity contribution < 1.29 is 14.3 Å². The summed E-state index contributed by atoms with van der Waals surface area (Å²) in [6.45, 7) is 7.57. The monoisotopic (exact) mass is 602 g/mol. The average molecular weight is 603 g/mol. The summed E-state index contributed by atoms with van der Waals surface area (Å²) >= 11 is 0. The lowest BCUT2D eigenvalue weighted by Crippen LogP contribution is -2.42. The van der Waals surface area contributed by atoms with E-state index < -0.39 is 5.60 Å². The highest BCUT2D eigenvalue weighted by Crippen LogP contribution is 2.64. The fourth-order valence-corrected chi connectivity index (χ4v) is 10.7. The maximum absolute atomic E-state index is 14.2. The van der Waals surface area contributed by atoms with Crippen molar-refractivity contribution in [3.05, 3.63) is 35.4 Å². The van der Waals surface area contributed by atoms with Gasteiger partial charge in [0.25, 0.3) is 0 Å². The van der Waals surface area contributed by atoms with Crippen molar-refractivity contribution in [3.8, 4) is 0 Å². The van der Waals surface area contributed by atoms with Crippen LogP contribution in [0.3, 0.4) is 0 Å². The lowest BCUT2D eigenvalue weighted by atomic mass is 9.55. The van der Waals surface area contributed by atoms with Gasteiger partial charge < -0.3 is 14.7 Å². The van der Waals surface area contributed by atoms with Gasteiger partial charge in [-0.3, -0.25) is 14.6 Å². The molecule has 2 saturated heterocycles. The number of imidazole rings is 2. The average Bonchev–Trinajstić information content (AvgIpc) is 3.82. The molecule has 0 radical (unpaired) electrons. The highest BCUT2D eigenvalue weighted by atomic mass is 16.6. The van der Waals surface area contributed by atoms with E-state index in [1.54, 1.807) is 0 Å². The summed E-state index contributed by atoms with van der Waals surface area (Å²) in [7, 11) is 2.20. The summed E-state index contributed by atoms with van der Waals surface area (Å²) < 4.78 is 5.70. The van der Waals surface area contributed by atoms with Crippen LogP contribution in [0.15, 0.2) is 12.4 Å². The molecule has 0 aromatic carbocycles. The first-order valence-electron chi connectivity index (χ1n) is 17.5. The predicted molar refractivity (Wildman–Crippen MR) is 166 cm³/mol. The number of amides is 1. The number of ketones is 1. The molecule has 10 atom stereocenters. The highest BCUT2D eigenvalue weighted by Gasteiger charge is 2.61. The van der Waals surface area contributed by atoms with E-state index in [-0.39, 0.29) is 24.0 Å². The van der Waals surface area contributed by atoms with E-state index in [9.17, 15) is 9.59 Å². The van der Waals surface area contributed by atoms with E-state index in [0.29, 0.717) is 53.9 Å². The summed E-state index contributed by atoms with van der Waals surface area (Å²) in [5, 5.41) is 0. The van der Waals surface area contributed by atoms with Gasteiger partial charge in [0.05, 0.1) is 12.1 Å². The Labute approximate surface area is 261 Å². The number of ether oxygens (including phenoxy) is 1. The number of hydrogen-bond acceptors (Lipinski definition) is 6. The van der Waals surface area contributed by atoms with Gasteiger partial charge in [-0.1, -0.05) is 0 Å². The Morgan fingerprint density at radius 1 is 0.818 bits per heavy atom. The van der Waals surface area contributed by atoms with Crippen molar-refractivity contribution >= 4 is 11.9 Å². The molecule has 1 amide bonds. The maximum atomic E-state index is 14.2. The minimum atomic E-state index is -0.519. The molecule has 2 aliphatic heterocycles. The quantitative estimate of drug-likeness (QED) is 0.414. The third-order valence-corrected chi connectivity index (χ3v) is 12.5. The fraction of sp³-hybridized carbons (Fsp3) is 0.771. The zero-order chi connectivity index (χ0) is 30.3. The molecule has 6 fully saturated rings. The van der Waals surface area contributed by atoms with Gasteiger partial charge in [0.1, 0.15) is 23.0 Å². The van der Waals surface area contributed by atoms with E-state index in [4.69, 9.17) is 14.7 Å². The number of H-pyrrole nitrogens is 2. The first-order chi connectivity index (χ1) is 21.1. The maximum Gasteiger partial charge on any atom is 0.410 e. The van der Waals surface area contributed by atoms with Crippen LogP contribution in [0.1, 0.15) is 132 Å². The Morgan fingerprint density at radius 2 is 1.36 bits per heavy atom. The third-order valence-electron chi connectivity index (χ3n) is 12.5. The molecule has 0 spiro atoms. The van der Waals surface area contributed by atoms with E-state index in [0.717, 1.165) is 56.0 Å². The normalized spacial score (nSPS) is 38.7. The molecule has 6 aliphatic rings. The van der Waals surface area contributed by atoms with Gasteiger partial charge in [0.15, 0.2) is 0 Å². The standard InChI is InChI=1S/C35H50N6O3/c1-35(2,3)44-34(43)41-12-6-8-28(41)33-37-18-26(39-33)22-14-20-10-9-19-13-21(15-23-29(19)30(20)24(16-22)31(23)42)25-17-36-32(38-25)27-7-5-11-40(27)4/h17-24,27-30H,5-16H2,1-4H3,(H,36,38)(H,37,39). The van der Waals surface area contributed by atoms with Crippen LogP contribution in [0.2, 0.25) is 0 Å². The summed E-state index contributed by atoms with van der Waals surface area (Å²) in [5.41, 5.74) is 1.90. The van der Waals surface area contributed by atoms with Crippen molar-refractivity contribution in [1.82, 2.24) is 29.7 Å². The first-order valence-corrected chi connectivity index (χ1v) is 17.5. The van der Waals surface area contributed by atoms with Crippen molar-refractivity contribution in [3.63, 3.8) is 0 Å². The molecule has 4 aliphatic carbocycles. The van der Waals surface area contributed by atoms with E-state index in [2.05, 4.69) is 28.1 Å². The van der Waals surface area contributed by atoms with Crippen LogP contribution in [0.25, 0.3) is 0 Å². The highest BCUT2D eigenvalue weighted by molar-refractivity contribution is 5.87. The molecule has 2 aromatic rings. The molecule has 44 heavy (non-hydrogen) atoms. The molecular weight excluding hydrogens is 552 g/mol. The molecule has 8 rings (SSSR count). The minimum Gasteiger partial charge on any atom is -0.444 e. The van der Waals surface area contributed by atoms with E-state index >= 15 is 0 Å². The van der Waals surface area contributed by atoms with Gasteiger partial charge in [-0.25, -0.2) is 14.8 Å². The van der Waals surface area contributed by atoms with Crippen LogP contribution >= 0.6 is 0 Å². The van der Waals surface area contributed by atoms with Crippen molar-refractivity contribution in [2.75, 3.05) is 20.1 Å². The molecule has 10 unspecified atom stereocenters. The second kappa shape index (κ2) is 10.7. The van der Waals surface area contributed by atoms with Crippen LogP contribution < -0.4 is 0 Å². The van der Waals surface area contributed by atoms with Gasteiger partial charge in [-0.2, -0.15) is 0 Å². The Morgan fingerprint density at radius 3 is 1.91 bits per heavy atom. The molecule has 4 saturated carbocycles. The van der Waals surface area contributed by atoms with Crippen molar-refractivity contribution in [2.45, 2.75) is 114 Å². The van der Waals surface area contributed by atoms with Crippen LogP contribution in [0, 0.1) is 35.5 Å². The second-order valence-corrected chi connectivity index (χ2v) is 16.1. The first kappa shape index (κ1) is 28.8. The topological polar surface area (TPSA) is 107 Å². The summed E-state index contributed by atoms with van der Waals surface area (Å²) in [4.78, 5) is 48.5. The van der Waals surface area contributed by atoms with Gasteiger partial charge in [0, 0.05) is 54.0 Å². The summed E-state index contributed by atoms with van der Waals surface area (Å²) in [6, 6.07) is 0.329. The fourth-order valence-electron chi connectivity index (χ4n) is 10.7. The van der Waals surface area contributed by atoms with Crippen LogP contribution in [0.5, 0.6) is 0 Å². The number of rotatable bonds is 4. The van der Waals surface area contributed by atoms with Gasteiger partial charge in [0.2, 0.25) is 0 Å². The molecule has 2 aromatic heterocycles. The molecule has 9 nitrogen and oxygen atoms in total.